The van der Waals surface area contributed by atoms with E-state index in [1.165, 1.54) is 12.1 Å². The molecule has 3 heterocycles. The van der Waals surface area contributed by atoms with E-state index in [4.69, 9.17) is 4.98 Å². The molecule has 0 N–H and O–H groups in total. The number of carbonyl (C=O) groups is 1. The quantitative estimate of drug-likeness (QED) is 0.702. The molecular weight excluding hydrogens is 343 g/mol. The van der Waals surface area contributed by atoms with Crippen molar-refractivity contribution < 1.29 is 9.18 Å². The zero-order chi connectivity index (χ0) is 18.8. The fraction of sp³-hybridized carbons (Fsp3) is 0.238. The number of carbonyl (C=O) groups excluding carboxylic acids is 1. The van der Waals surface area contributed by atoms with Crippen LogP contribution in [0.15, 0.2) is 48.8 Å². The molecule has 0 saturated carbocycles. The smallest absolute Gasteiger partial charge is 0.255 e. The molecule has 0 fully saturated rings. The third-order valence-electron chi connectivity index (χ3n) is 4.85. The van der Waals surface area contributed by atoms with Crippen LogP contribution in [0.4, 0.5) is 4.39 Å². The van der Waals surface area contributed by atoms with Gasteiger partial charge < -0.3 is 4.90 Å². The molecule has 0 aliphatic carbocycles. The van der Waals surface area contributed by atoms with E-state index in [-0.39, 0.29) is 11.7 Å². The molecule has 0 unspecified atom stereocenters. The minimum absolute atomic E-state index is 0.0136. The highest BCUT2D eigenvalue weighted by Gasteiger charge is 2.22. The lowest BCUT2D eigenvalue weighted by molar-refractivity contribution is 0.0762. The normalized spacial score (nSPS) is 13.8. The van der Waals surface area contributed by atoms with Crippen molar-refractivity contribution in [1.82, 2.24) is 19.9 Å². The van der Waals surface area contributed by atoms with E-state index in [9.17, 15) is 9.18 Å². The molecule has 6 heteroatoms. The molecule has 4 rings (SSSR count). The number of benzene rings is 1. The minimum atomic E-state index is -0.283. The molecule has 1 amide bonds. The number of rotatable bonds is 2. The van der Waals surface area contributed by atoms with Crippen molar-refractivity contribution in [3.8, 4) is 11.4 Å². The number of aromatic nitrogens is 3. The Morgan fingerprint density at radius 3 is 2.59 bits per heavy atom. The highest BCUT2D eigenvalue weighted by molar-refractivity contribution is 5.93. The number of aryl methyl sites for hydroxylation is 1. The molecule has 27 heavy (non-hydrogen) atoms. The second kappa shape index (κ2) is 7.23. The Bertz CT molecular complexity index is 973. The molecule has 0 atom stereocenters. The predicted molar refractivity (Wildman–Crippen MR) is 99.7 cm³/mol. The van der Waals surface area contributed by atoms with Crippen LogP contribution in [-0.2, 0) is 12.8 Å². The zero-order valence-electron chi connectivity index (χ0n) is 15.0. The molecule has 1 aliphatic heterocycles. The third-order valence-corrected chi connectivity index (χ3v) is 4.85. The first-order chi connectivity index (χ1) is 13.1. The van der Waals surface area contributed by atoms with E-state index in [1.807, 2.05) is 11.8 Å². The van der Waals surface area contributed by atoms with Crippen molar-refractivity contribution in [2.45, 2.75) is 19.8 Å². The summed E-state index contributed by atoms with van der Waals surface area (Å²) in [7, 11) is 0. The molecule has 5 nitrogen and oxygen atoms in total. The fourth-order valence-electron chi connectivity index (χ4n) is 3.39. The van der Waals surface area contributed by atoms with Gasteiger partial charge in [-0.1, -0.05) is 0 Å². The first-order valence-corrected chi connectivity index (χ1v) is 8.93. The average molecular weight is 362 g/mol. The summed E-state index contributed by atoms with van der Waals surface area (Å²) in [6.07, 6.45) is 4.64. The number of amides is 1. The number of fused-ring (bicyclic) bond motifs is 1. The van der Waals surface area contributed by atoms with Crippen molar-refractivity contribution in [3.63, 3.8) is 0 Å². The van der Waals surface area contributed by atoms with Gasteiger partial charge in [0.05, 0.1) is 5.56 Å². The van der Waals surface area contributed by atoms with Crippen molar-refractivity contribution in [1.29, 1.82) is 0 Å². The van der Waals surface area contributed by atoms with Gasteiger partial charge in [0.15, 0.2) is 5.82 Å². The van der Waals surface area contributed by atoms with E-state index >= 15 is 0 Å². The number of hydrogen-bond donors (Lipinski definition) is 0. The number of pyridine rings is 1. The van der Waals surface area contributed by atoms with Gasteiger partial charge in [-0.2, -0.15) is 0 Å². The number of hydrogen-bond acceptors (Lipinski definition) is 4. The van der Waals surface area contributed by atoms with Crippen LogP contribution in [0.3, 0.4) is 0 Å². The van der Waals surface area contributed by atoms with Crippen LogP contribution in [0.5, 0.6) is 0 Å². The largest absolute Gasteiger partial charge is 0.338 e. The minimum Gasteiger partial charge on any atom is -0.338 e. The van der Waals surface area contributed by atoms with Crippen molar-refractivity contribution in [2.75, 3.05) is 13.1 Å². The van der Waals surface area contributed by atoms with E-state index < -0.39 is 0 Å². The predicted octanol–water partition coefficient (Wildman–Crippen LogP) is 3.23. The van der Waals surface area contributed by atoms with E-state index in [1.54, 1.807) is 36.7 Å². The molecule has 1 aliphatic rings. The summed E-state index contributed by atoms with van der Waals surface area (Å²) in [5, 5.41) is 0. The summed E-state index contributed by atoms with van der Waals surface area (Å²) in [6.45, 7) is 3.19. The number of nitrogens with zero attached hydrogens (tertiary/aromatic N) is 4. The first kappa shape index (κ1) is 17.3. The SMILES string of the molecule is Cc1nc(-c2ccc(F)cc2)nc2c1CCN(C(=O)c1cccnc1)CC2. The Labute approximate surface area is 156 Å². The Kier molecular flexibility index (Phi) is 4.62. The Balaban J connectivity index is 1.60. The molecule has 136 valence electrons. The van der Waals surface area contributed by atoms with Crippen molar-refractivity contribution in [2.24, 2.45) is 0 Å². The maximum atomic E-state index is 13.2. The maximum absolute atomic E-state index is 13.2. The zero-order valence-corrected chi connectivity index (χ0v) is 15.0. The van der Waals surface area contributed by atoms with Crippen LogP contribution in [0.1, 0.15) is 27.3 Å². The first-order valence-electron chi connectivity index (χ1n) is 8.93. The molecule has 0 bridgehead atoms. The average Bonchev–Trinajstić information content (AvgIpc) is 2.92. The van der Waals surface area contributed by atoms with Gasteiger partial charge in [0, 0.05) is 48.9 Å². The van der Waals surface area contributed by atoms with Gasteiger partial charge in [-0.3, -0.25) is 9.78 Å². The van der Waals surface area contributed by atoms with E-state index in [2.05, 4.69) is 9.97 Å². The van der Waals surface area contributed by atoms with Crippen LogP contribution >= 0.6 is 0 Å². The summed E-state index contributed by atoms with van der Waals surface area (Å²) in [6, 6.07) is 9.74. The van der Waals surface area contributed by atoms with Crippen LogP contribution in [0.2, 0.25) is 0 Å². The second-order valence-electron chi connectivity index (χ2n) is 6.60. The Morgan fingerprint density at radius 1 is 1.07 bits per heavy atom. The lowest BCUT2D eigenvalue weighted by atomic mass is 10.1. The van der Waals surface area contributed by atoms with Crippen LogP contribution < -0.4 is 0 Å². The van der Waals surface area contributed by atoms with Crippen molar-refractivity contribution in [3.05, 3.63) is 77.1 Å². The van der Waals surface area contributed by atoms with Crippen LogP contribution in [0.25, 0.3) is 11.4 Å². The lowest BCUT2D eigenvalue weighted by Crippen LogP contribution is -2.33. The van der Waals surface area contributed by atoms with Crippen LogP contribution in [0, 0.1) is 12.7 Å². The van der Waals surface area contributed by atoms with Gasteiger partial charge in [-0.05, 0) is 55.3 Å². The van der Waals surface area contributed by atoms with Gasteiger partial charge in [0.25, 0.3) is 5.91 Å². The topological polar surface area (TPSA) is 59.0 Å². The van der Waals surface area contributed by atoms with Gasteiger partial charge in [-0.15, -0.1) is 0 Å². The van der Waals surface area contributed by atoms with Gasteiger partial charge in [0.1, 0.15) is 5.82 Å². The highest BCUT2D eigenvalue weighted by Crippen LogP contribution is 2.23. The van der Waals surface area contributed by atoms with Gasteiger partial charge in [0.2, 0.25) is 0 Å². The van der Waals surface area contributed by atoms with Gasteiger partial charge in [-0.25, -0.2) is 14.4 Å². The summed E-state index contributed by atoms with van der Waals surface area (Å²) in [4.78, 5) is 27.9. The molecule has 1 aromatic carbocycles. The second-order valence-corrected chi connectivity index (χ2v) is 6.60. The van der Waals surface area contributed by atoms with Crippen LogP contribution in [-0.4, -0.2) is 38.8 Å². The standard InChI is InChI=1S/C21H19FN4O/c1-14-18-8-11-26(21(27)16-3-2-10-23-13-16)12-9-19(18)25-20(24-14)15-4-6-17(22)7-5-15/h2-7,10,13H,8-9,11-12H2,1H3. The molecule has 0 radical (unpaired) electrons. The van der Waals surface area contributed by atoms with E-state index in [0.717, 1.165) is 28.9 Å². The molecule has 3 aromatic rings. The third kappa shape index (κ3) is 3.56. The fourth-order valence-corrected chi connectivity index (χ4v) is 3.39. The van der Waals surface area contributed by atoms with Gasteiger partial charge >= 0.3 is 0 Å². The van der Waals surface area contributed by atoms with Crippen molar-refractivity contribution >= 4 is 5.91 Å². The Morgan fingerprint density at radius 2 is 1.85 bits per heavy atom. The summed E-state index contributed by atoms with van der Waals surface area (Å²) in [5.41, 5.74) is 4.36. The highest BCUT2D eigenvalue weighted by atomic mass is 19.1. The Hall–Kier alpha value is -3.15. The maximum Gasteiger partial charge on any atom is 0.255 e. The molecule has 0 spiro atoms. The summed E-state index contributed by atoms with van der Waals surface area (Å²) < 4.78 is 13.2. The molecule has 0 saturated heterocycles. The summed E-state index contributed by atoms with van der Waals surface area (Å²) in [5.74, 6) is 0.299. The monoisotopic (exact) mass is 362 g/mol. The molecular formula is C21H19FN4O. The lowest BCUT2D eigenvalue weighted by Gasteiger charge is -2.19. The number of halogens is 1. The summed E-state index contributed by atoms with van der Waals surface area (Å²) >= 11 is 0. The molecule has 2 aromatic heterocycles. The van der Waals surface area contributed by atoms with E-state index in [0.29, 0.717) is 30.9 Å².